The van der Waals surface area contributed by atoms with Gasteiger partial charge >= 0.3 is 57.5 Å². The van der Waals surface area contributed by atoms with Gasteiger partial charge in [-0.3, -0.25) is 0 Å². The fourth-order valence-corrected chi connectivity index (χ4v) is 0.605. The number of hydrogen-bond acceptors (Lipinski definition) is 2. The van der Waals surface area contributed by atoms with Gasteiger partial charge in [0.2, 0.25) is 0 Å². The molecule has 0 radical (unpaired) electrons. The van der Waals surface area contributed by atoms with Crippen LogP contribution in [0.2, 0.25) is 0 Å². The van der Waals surface area contributed by atoms with Gasteiger partial charge in [-0.1, -0.05) is 18.2 Å². The first-order valence-corrected chi connectivity index (χ1v) is 3.31. The Hall–Kier alpha value is -0.0736. The van der Waals surface area contributed by atoms with E-state index in [1.807, 2.05) is 37.4 Å². The molecule has 0 aliphatic rings. The maximum absolute atomic E-state index is 8.56. The van der Waals surface area contributed by atoms with Crippen molar-refractivity contribution in [2.45, 2.75) is 0 Å². The Labute approximate surface area is 121 Å². The molecule has 13 heavy (non-hydrogen) atoms. The van der Waals surface area contributed by atoms with Crippen molar-refractivity contribution in [3.05, 3.63) is 30.3 Å². The summed E-state index contributed by atoms with van der Waals surface area (Å²) in [6, 6.07) is 10.1. The van der Waals surface area contributed by atoms with Crippen LogP contribution in [-0.4, -0.2) is 23.4 Å². The Morgan fingerprint density at radius 3 is 1.92 bits per heavy atom. The molecule has 0 spiro atoms. The van der Waals surface area contributed by atoms with Crippen molar-refractivity contribution in [3.8, 4) is 0 Å². The van der Waals surface area contributed by atoms with E-state index in [1.54, 1.807) is 0 Å². The average Bonchev–Trinajstić information content (AvgIpc) is 2.05. The quantitative estimate of drug-likeness (QED) is 0.523. The largest absolute Gasteiger partial charge is 1.00 e. The van der Waals surface area contributed by atoms with E-state index >= 15 is 0 Å². The summed E-state index contributed by atoms with van der Waals surface area (Å²) >= 11 is 0. The van der Waals surface area contributed by atoms with Crippen LogP contribution in [0, 0.1) is 0 Å². The predicted octanol–water partition coefficient (Wildman–Crippen LogP) is -0.933. The zero-order valence-corrected chi connectivity index (χ0v) is 10.8. The van der Waals surface area contributed by atoms with Crippen LogP contribution in [-0.2, 0) is 0 Å². The number of anilines is 1. The van der Waals surface area contributed by atoms with Gasteiger partial charge in [-0.2, -0.15) is 0 Å². The van der Waals surface area contributed by atoms with Crippen molar-refractivity contribution in [2.75, 3.05) is 12.4 Å². The first-order valence-electron chi connectivity index (χ1n) is 3.31. The molecule has 0 saturated carbocycles. The Bertz CT molecular complexity index is 229. The zero-order valence-electron chi connectivity index (χ0n) is 8.69. The minimum atomic E-state index is -1.83. The van der Waals surface area contributed by atoms with Gasteiger partial charge in [0, 0.05) is 12.7 Å². The van der Waals surface area contributed by atoms with Crippen LogP contribution in [0.25, 0.3) is 0 Å². The van der Waals surface area contributed by atoms with E-state index in [0.29, 0.717) is 0 Å². The second kappa shape index (κ2) is 10.0. The molecule has 1 rings (SSSR count). The van der Waals surface area contributed by atoms with Crippen LogP contribution in [0.3, 0.4) is 0 Å². The summed E-state index contributed by atoms with van der Waals surface area (Å²) in [6.07, 6.45) is -1.83. The second-order valence-electron chi connectivity index (χ2n) is 1.90. The number of nitrogens with one attached hydrogen (secondary N) is 1. The molecule has 1 aromatic rings. The third-order valence-corrected chi connectivity index (χ3v) is 1.06. The van der Waals surface area contributed by atoms with Gasteiger partial charge in [0.05, 0.1) is 0 Å². The summed E-state index contributed by atoms with van der Waals surface area (Å²) in [5.41, 5.74) is 1.16. The molecule has 0 aliphatic carbocycles. The standard InChI is InChI=1S/C7H9N.CH2O3.K.H/c1-8-7-5-3-2-4-6-7;2-1(3)4;;/h2-6,8H,1H3;(H2,2,3,4);;/q;;+1;-1. The van der Waals surface area contributed by atoms with Gasteiger partial charge in [-0.25, -0.2) is 4.79 Å². The predicted molar refractivity (Wildman–Crippen MR) is 47.8 cm³/mol. The van der Waals surface area contributed by atoms with Crippen molar-refractivity contribution in [1.29, 1.82) is 0 Å². The monoisotopic (exact) mass is 209 g/mol. The van der Waals surface area contributed by atoms with Crippen LogP contribution >= 0.6 is 0 Å². The number of rotatable bonds is 1. The molecule has 1 aromatic carbocycles. The van der Waals surface area contributed by atoms with Gasteiger partial charge in [0.25, 0.3) is 0 Å². The van der Waals surface area contributed by atoms with Gasteiger partial charge in [0.15, 0.2) is 0 Å². The van der Waals surface area contributed by atoms with Gasteiger partial charge in [0.1, 0.15) is 0 Å². The van der Waals surface area contributed by atoms with Crippen molar-refractivity contribution in [1.82, 2.24) is 0 Å². The number of carboxylic acid groups (broad SMARTS) is 2. The molecule has 0 saturated heterocycles. The maximum atomic E-state index is 8.56. The minimum absolute atomic E-state index is 0. The minimum Gasteiger partial charge on any atom is -1.00 e. The molecule has 0 bridgehead atoms. The molecule has 0 fully saturated rings. The van der Waals surface area contributed by atoms with Crippen LogP contribution in [0.15, 0.2) is 30.3 Å². The Kier molecular flexibility index (Phi) is 11.9. The van der Waals surface area contributed by atoms with Crippen LogP contribution in [0.5, 0.6) is 0 Å². The molecule has 0 atom stereocenters. The number of carbonyl (C=O) groups is 1. The van der Waals surface area contributed by atoms with E-state index in [9.17, 15) is 0 Å². The Morgan fingerprint density at radius 1 is 1.31 bits per heavy atom. The van der Waals surface area contributed by atoms with E-state index in [0.717, 1.165) is 5.69 Å². The third-order valence-electron chi connectivity index (χ3n) is 1.06. The fourth-order valence-electron chi connectivity index (χ4n) is 0.605. The van der Waals surface area contributed by atoms with Crippen LogP contribution < -0.4 is 56.7 Å². The summed E-state index contributed by atoms with van der Waals surface area (Å²) in [4.78, 5) is 8.56. The van der Waals surface area contributed by atoms with E-state index in [4.69, 9.17) is 15.0 Å². The van der Waals surface area contributed by atoms with E-state index in [2.05, 4.69) is 5.32 Å². The summed E-state index contributed by atoms with van der Waals surface area (Å²) in [5.74, 6) is 0. The number of hydrogen-bond donors (Lipinski definition) is 3. The molecule has 0 amide bonds. The average molecular weight is 209 g/mol. The zero-order chi connectivity index (χ0) is 9.40. The van der Waals surface area contributed by atoms with E-state index < -0.39 is 6.16 Å². The normalized spacial score (nSPS) is 7.15. The van der Waals surface area contributed by atoms with Gasteiger partial charge in [-0.15, -0.1) is 0 Å². The number of benzene rings is 1. The molecule has 3 N–H and O–H groups in total. The van der Waals surface area contributed by atoms with Gasteiger partial charge < -0.3 is 17.0 Å². The SMILES string of the molecule is CNc1ccccc1.O=C(O)O.[H-].[K+]. The Morgan fingerprint density at radius 2 is 1.69 bits per heavy atom. The van der Waals surface area contributed by atoms with E-state index in [1.165, 1.54) is 0 Å². The molecule has 5 heteroatoms. The van der Waals surface area contributed by atoms with Crippen molar-refractivity contribution >= 4 is 11.8 Å². The molecule has 0 aliphatic heterocycles. The first kappa shape index (κ1) is 15.4. The second-order valence-corrected chi connectivity index (χ2v) is 1.90. The molecular weight excluding hydrogens is 197 g/mol. The molecule has 68 valence electrons. The first-order chi connectivity index (χ1) is 5.66. The summed E-state index contributed by atoms with van der Waals surface area (Å²) in [5, 5.41) is 17.0. The smallest absolute Gasteiger partial charge is 1.00 e. The van der Waals surface area contributed by atoms with Crippen molar-refractivity contribution < 1.29 is 67.8 Å². The molecule has 4 nitrogen and oxygen atoms in total. The molecule has 0 unspecified atom stereocenters. The van der Waals surface area contributed by atoms with Crippen LogP contribution in [0.4, 0.5) is 10.5 Å². The summed E-state index contributed by atoms with van der Waals surface area (Å²) < 4.78 is 0. The van der Waals surface area contributed by atoms with E-state index in [-0.39, 0.29) is 52.8 Å². The molecular formula is C8H12KNO3. The molecule has 0 heterocycles. The van der Waals surface area contributed by atoms with Crippen LogP contribution in [0.1, 0.15) is 1.43 Å². The Balaban J connectivity index is -0.000000180. The van der Waals surface area contributed by atoms with Crippen molar-refractivity contribution in [3.63, 3.8) is 0 Å². The summed E-state index contributed by atoms with van der Waals surface area (Å²) in [7, 11) is 1.91. The van der Waals surface area contributed by atoms with Crippen molar-refractivity contribution in [2.24, 2.45) is 0 Å². The topological polar surface area (TPSA) is 69.6 Å². The maximum Gasteiger partial charge on any atom is 1.00 e. The number of para-hydroxylation sites is 1. The summed E-state index contributed by atoms with van der Waals surface area (Å²) in [6.45, 7) is 0. The fraction of sp³-hybridized carbons (Fsp3) is 0.125. The molecule has 0 aromatic heterocycles. The van der Waals surface area contributed by atoms with Gasteiger partial charge in [-0.05, 0) is 12.1 Å². The third kappa shape index (κ3) is 11.9.